The molecule has 1 atom stereocenters. The fraction of sp³-hybridized carbons (Fsp3) is 0.500. The van der Waals surface area contributed by atoms with Gasteiger partial charge in [-0.3, -0.25) is 0 Å². The molecule has 1 fully saturated rings. The van der Waals surface area contributed by atoms with E-state index in [4.69, 9.17) is 4.98 Å². The van der Waals surface area contributed by atoms with Crippen LogP contribution < -0.4 is 5.32 Å². The molecular formula is C14H18BrN3S. The van der Waals surface area contributed by atoms with Crippen molar-refractivity contribution in [2.24, 2.45) is 0 Å². The predicted octanol–water partition coefficient (Wildman–Crippen LogP) is 3.07. The largest absolute Gasteiger partial charge is 0.328 e. The highest BCUT2D eigenvalue weighted by atomic mass is 79.9. The molecule has 3 nitrogen and oxygen atoms in total. The van der Waals surface area contributed by atoms with Crippen LogP contribution in [0.1, 0.15) is 12.7 Å². The zero-order chi connectivity index (χ0) is 13.2. The summed E-state index contributed by atoms with van der Waals surface area (Å²) in [5, 5.41) is 3.59. The first kappa shape index (κ1) is 13.5. The molecule has 0 saturated carbocycles. The van der Waals surface area contributed by atoms with E-state index in [-0.39, 0.29) is 0 Å². The van der Waals surface area contributed by atoms with Gasteiger partial charge in [-0.2, -0.15) is 11.8 Å². The number of nitrogens with zero attached hydrogens (tertiary/aromatic N) is 2. The summed E-state index contributed by atoms with van der Waals surface area (Å²) in [6.45, 7) is 4.29. The third-order valence-electron chi connectivity index (χ3n) is 3.53. The topological polar surface area (TPSA) is 29.9 Å². The molecule has 0 aliphatic carbocycles. The number of rotatable bonds is 3. The zero-order valence-electron chi connectivity index (χ0n) is 11.0. The highest BCUT2D eigenvalue weighted by molar-refractivity contribution is 9.10. The molecular weight excluding hydrogens is 322 g/mol. The molecule has 0 radical (unpaired) electrons. The normalized spacial score (nSPS) is 20.0. The lowest BCUT2D eigenvalue weighted by molar-refractivity contribution is 0.537. The van der Waals surface area contributed by atoms with Crippen molar-refractivity contribution in [2.45, 2.75) is 25.9 Å². The Morgan fingerprint density at radius 1 is 1.53 bits per heavy atom. The van der Waals surface area contributed by atoms with E-state index in [1.807, 2.05) is 11.8 Å². The molecule has 0 spiro atoms. The Kier molecular flexibility index (Phi) is 4.15. The van der Waals surface area contributed by atoms with Gasteiger partial charge in [0.2, 0.25) is 0 Å². The number of thioether (sulfide) groups is 1. The number of hydrogen-bond donors (Lipinski definition) is 1. The molecule has 3 rings (SSSR count). The van der Waals surface area contributed by atoms with Gasteiger partial charge in [-0.25, -0.2) is 4.98 Å². The number of aromatic nitrogens is 2. The van der Waals surface area contributed by atoms with Gasteiger partial charge in [0.25, 0.3) is 0 Å². The third-order valence-corrected chi connectivity index (χ3v) is 5.16. The Bertz CT molecular complexity index is 575. The van der Waals surface area contributed by atoms with Crippen LogP contribution in [-0.2, 0) is 13.0 Å². The first-order valence-electron chi connectivity index (χ1n) is 6.73. The van der Waals surface area contributed by atoms with E-state index in [1.165, 1.54) is 22.8 Å². The van der Waals surface area contributed by atoms with Crippen molar-refractivity contribution in [1.29, 1.82) is 0 Å². The van der Waals surface area contributed by atoms with Gasteiger partial charge in [-0.1, -0.05) is 15.9 Å². The monoisotopic (exact) mass is 339 g/mol. The highest BCUT2D eigenvalue weighted by Crippen LogP contribution is 2.22. The van der Waals surface area contributed by atoms with Crippen LogP contribution in [0.25, 0.3) is 11.0 Å². The minimum Gasteiger partial charge on any atom is -0.328 e. The van der Waals surface area contributed by atoms with E-state index < -0.39 is 0 Å². The number of fused-ring (bicyclic) bond motifs is 1. The number of benzene rings is 1. The lowest BCUT2D eigenvalue weighted by Crippen LogP contribution is -2.39. The summed E-state index contributed by atoms with van der Waals surface area (Å²) in [6.07, 6.45) is 1.02. The molecule has 1 aromatic carbocycles. The Hall–Kier alpha value is -0.520. The Labute approximate surface area is 126 Å². The zero-order valence-corrected chi connectivity index (χ0v) is 13.4. The fourth-order valence-corrected chi connectivity index (χ4v) is 3.93. The molecule has 2 aromatic rings. The molecule has 19 heavy (non-hydrogen) atoms. The highest BCUT2D eigenvalue weighted by Gasteiger charge is 2.17. The van der Waals surface area contributed by atoms with E-state index in [2.05, 4.69) is 50.9 Å². The van der Waals surface area contributed by atoms with Crippen LogP contribution in [0.2, 0.25) is 0 Å². The summed E-state index contributed by atoms with van der Waals surface area (Å²) in [5.41, 5.74) is 2.33. The second-order valence-corrected chi connectivity index (χ2v) is 6.90. The second-order valence-electron chi connectivity index (χ2n) is 4.84. The molecule has 1 aliphatic heterocycles. The van der Waals surface area contributed by atoms with Gasteiger partial charge in [0.15, 0.2) is 0 Å². The van der Waals surface area contributed by atoms with Gasteiger partial charge >= 0.3 is 0 Å². The first-order chi connectivity index (χ1) is 9.28. The minimum atomic E-state index is 0.560. The maximum Gasteiger partial charge on any atom is 0.111 e. The van der Waals surface area contributed by atoms with Crippen molar-refractivity contribution in [3.63, 3.8) is 0 Å². The average molecular weight is 340 g/mol. The van der Waals surface area contributed by atoms with Crippen LogP contribution in [0, 0.1) is 0 Å². The molecule has 1 unspecified atom stereocenters. The van der Waals surface area contributed by atoms with Gasteiger partial charge in [-0.05, 0) is 25.1 Å². The quantitative estimate of drug-likeness (QED) is 0.931. The molecule has 102 valence electrons. The number of aryl methyl sites for hydroxylation is 1. The van der Waals surface area contributed by atoms with Gasteiger partial charge in [0, 0.05) is 41.5 Å². The van der Waals surface area contributed by atoms with Crippen molar-refractivity contribution in [2.75, 3.05) is 18.1 Å². The lowest BCUT2D eigenvalue weighted by atomic mass is 10.2. The van der Waals surface area contributed by atoms with E-state index in [0.717, 1.165) is 29.5 Å². The molecule has 1 N–H and O–H groups in total. The smallest absolute Gasteiger partial charge is 0.111 e. The third kappa shape index (κ3) is 2.83. The maximum atomic E-state index is 4.82. The second kappa shape index (κ2) is 5.85. The van der Waals surface area contributed by atoms with Crippen molar-refractivity contribution in [3.05, 3.63) is 28.5 Å². The molecule has 0 bridgehead atoms. The van der Waals surface area contributed by atoms with E-state index in [1.54, 1.807) is 0 Å². The number of imidazole rings is 1. The standard InChI is InChI=1S/C14H18BrN3S/c1-2-18-13-4-3-10(15)7-12(13)17-14(18)8-11-9-19-6-5-16-11/h3-4,7,11,16H,2,5-6,8-9H2,1H3. The van der Waals surface area contributed by atoms with Gasteiger partial charge in [-0.15, -0.1) is 0 Å². The summed E-state index contributed by atoms with van der Waals surface area (Å²) in [7, 11) is 0. The van der Waals surface area contributed by atoms with Gasteiger partial charge < -0.3 is 9.88 Å². The Morgan fingerprint density at radius 3 is 3.16 bits per heavy atom. The van der Waals surface area contributed by atoms with E-state index >= 15 is 0 Å². The lowest BCUT2D eigenvalue weighted by Gasteiger charge is -2.23. The summed E-state index contributed by atoms with van der Waals surface area (Å²) in [4.78, 5) is 4.82. The van der Waals surface area contributed by atoms with Crippen LogP contribution in [0.15, 0.2) is 22.7 Å². The molecule has 5 heteroatoms. The van der Waals surface area contributed by atoms with Crippen LogP contribution in [0.5, 0.6) is 0 Å². The maximum absolute atomic E-state index is 4.82. The molecule has 1 saturated heterocycles. The first-order valence-corrected chi connectivity index (χ1v) is 8.68. The van der Waals surface area contributed by atoms with Crippen molar-refractivity contribution in [3.8, 4) is 0 Å². The Balaban J connectivity index is 1.93. The van der Waals surface area contributed by atoms with Crippen LogP contribution in [-0.4, -0.2) is 33.6 Å². The molecule has 2 heterocycles. The average Bonchev–Trinajstić information content (AvgIpc) is 2.76. The molecule has 1 aliphatic rings. The minimum absolute atomic E-state index is 0.560. The summed E-state index contributed by atoms with van der Waals surface area (Å²) < 4.78 is 3.43. The molecule has 1 aromatic heterocycles. The van der Waals surface area contributed by atoms with Gasteiger partial charge in [0.1, 0.15) is 5.82 Å². The van der Waals surface area contributed by atoms with Gasteiger partial charge in [0.05, 0.1) is 11.0 Å². The Morgan fingerprint density at radius 2 is 2.42 bits per heavy atom. The van der Waals surface area contributed by atoms with Crippen LogP contribution in [0.3, 0.4) is 0 Å². The van der Waals surface area contributed by atoms with Crippen molar-refractivity contribution >= 4 is 38.7 Å². The van der Waals surface area contributed by atoms with Crippen LogP contribution in [0.4, 0.5) is 0 Å². The van der Waals surface area contributed by atoms with Crippen molar-refractivity contribution < 1.29 is 0 Å². The summed E-state index contributed by atoms with van der Waals surface area (Å²) in [6, 6.07) is 6.91. The van der Waals surface area contributed by atoms with E-state index in [0.29, 0.717) is 6.04 Å². The predicted molar refractivity (Wildman–Crippen MR) is 85.9 cm³/mol. The number of nitrogens with one attached hydrogen (secondary N) is 1. The van der Waals surface area contributed by atoms with E-state index in [9.17, 15) is 0 Å². The SMILES string of the molecule is CCn1c(CC2CSCCN2)nc2cc(Br)ccc21. The molecule has 0 amide bonds. The summed E-state index contributed by atoms with van der Waals surface area (Å²) >= 11 is 5.56. The van der Waals surface area contributed by atoms with Crippen LogP contribution >= 0.6 is 27.7 Å². The number of hydrogen-bond acceptors (Lipinski definition) is 3. The fourth-order valence-electron chi connectivity index (χ4n) is 2.63. The number of halogens is 1. The summed E-state index contributed by atoms with van der Waals surface area (Å²) in [5.74, 6) is 3.63. The van der Waals surface area contributed by atoms with Crippen molar-refractivity contribution in [1.82, 2.24) is 14.9 Å².